The fourth-order valence-corrected chi connectivity index (χ4v) is 2.40. The predicted molar refractivity (Wildman–Crippen MR) is 78.7 cm³/mol. The van der Waals surface area contributed by atoms with Crippen LogP contribution in [-0.2, 0) is 10.0 Å². The van der Waals surface area contributed by atoms with E-state index in [9.17, 15) is 8.42 Å². The number of sulfonamides is 1. The van der Waals surface area contributed by atoms with Crippen molar-refractivity contribution in [2.75, 3.05) is 0 Å². The molecule has 2 rings (SSSR count). The molecule has 0 aliphatic heterocycles. The maximum atomic E-state index is 12.0. The van der Waals surface area contributed by atoms with Gasteiger partial charge in [0.25, 0.3) is 10.0 Å². The van der Waals surface area contributed by atoms with Gasteiger partial charge < -0.3 is 0 Å². The van der Waals surface area contributed by atoms with Gasteiger partial charge in [-0.3, -0.25) is 0 Å². The van der Waals surface area contributed by atoms with E-state index in [1.165, 1.54) is 18.3 Å². The highest BCUT2D eigenvalue weighted by atomic mass is 32.2. The SMILES string of the molecule is [C-]#[N+]c1ccc(/C=N/S(=O)(=O)c2ccc(C)cc2)cc1. The zero-order chi connectivity index (χ0) is 14.6. The van der Waals surface area contributed by atoms with Crippen LogP contribution in [-0.4, -0.2) is 14.6 Å². The van der Waals surface area contributed by atoms with Gasteiger partial charge in [0.15, 0.2) is 5.69 Å². The summed E-state index contributed by atoms with van der Waals surface area (Å²) in [5, 5.41) is 0. The molecule has 0 radical (unpaired) electrons. The number of hydrogen-bond acceptors (Lipinski definition) is 2. The summed E-state index contributed by atoms with van der Waals surface area (Å²) in [4.78, 5) is 3.43. The largest absolute Gasteiger partial charge is 0.282 e. The lowest BCUT2D eigenvalue weighted by Gasteiger charge is -1.99. The molecule has 0 saturated heterocycles. The Morgan fingerprint density at radius 1 is 1.05 bits per heavy atom. The van der Waals surface area contributed by atoms with Crippen LogP contribution in [0.4, 0.5) is 5.69 Å². The molecule has 0 unspecified atom stereocenters. The summed E-state index contributed by atoms with van der Waals surface area (Å²) in [7, 11) is -3.68. The van der Waals surface area contributed by atoms with Crippen molar-refractivity contribution >= 4 is 21.9 Å². The van der Waals surface area contributed by atoms with Crippen LogP contribution in [0.1, 0.15) is 11.1 Å². The average Bonchev–Trinajstić information content (AvgIpc) is 2.46. The first-order valence-electron chi connectivity index (χ1n) is 5.86. The van der Waals surface area contributed by atoms with Crippen molar-refractivity contribution in [1.82, 2.24) is 0 Å². The molecule has 0 aromatic heterocycles. The van der Waals surface area contributed by atoms with Crippen LogP contribution >= 0.6 is 0 Å². The molecule has 0 bridgehead atoms. The average molecular weight is 284 g/mol. The molecule has 5 heteroatoms. The van der Waals surface area contributed by atoms with E-state index in [4.69, 9.17) is 6.57 Å². The minimum Gasteiger partial charge on any atom is -0.238 e. The molecule has 2 aromatic rings. The summed E-state index contributed by atoms with van der Waals surface area (Å²) < 4.78 is 27.6. The Hall–Kier alpha value is -2.45. The van der Waals surface area contributed by atoms with Crippen molar-refractivity contribution in [3.05, 3.63) is 71.1 Å². The molecule has 0 fully saturated rings. The van der Waals surface area contributed by atoms with E-state index in [-0.39, 0.29) is 4.90 Å². The van der Waals surface area contributed by atoms with E-state index in [0.717, 1.165) is 5.56 Å². The second-order valence-electron chi connectivity index (χ2n) is 4.23. The third kappa shape index (κ3) is 3.31. The Bertz CT molecular complexity index is 768. The van der Waals surface area contributed by atoms with Gasteiger partial charge in [0.05, 0.1) is 11.5 Å². The first-order chi connectivity index (χ1) is 9.51. The van der Waals surface area contributed by atoms with Crippen molar-refractivity contribution in [3.63, 3.8) is 0 Å². The fourth-order valence-electron chi connectivity index (χ4n) is 1.54. The number of benzene rings is 2. The van der Waals surface area contributed by atoms with E-state index in [2.05, 4.69) is 9.24 Å². The number of aryl methyl sites for hydroxylation is 1. The molecule has 0 aliphatic carbocycles. The summed E-state index contributed by atoms with van der Waals surface area (Å²) in [6.07, 6.45) is 1.28. The molecule has 0 amide bonds. The molecule has 4 nitrogen and oxygen atoms in total. The van der Waals surface area contributed by atoms with E-state index in [1.807, 2.05) is 6.92 Å². The maximum Gasteiger partial charge on any atom is 0.282 e. The van der Waals surface area contributed by atoms with Gasteiger partial charge in [0.2, 0.25) is 0 Å². The van der Waals surface area contributed by atoms with E-state index in [0.29, 0.717) is 11.3 Å². The molecule has 0 atom stereocenters. The van der Waals surface area contributed by atoms with Crippen LogP contribution in [0.5, 0.6) is 0 Å². The quantitative estimate of drug-likeness (QED) is 0.641. The second-order valence-corrected chi connectivity index (χ2v) is 5.86. The van der Waals surface area contributed by atoms with Crippen molar-refractivity contribution in [2.45, 2.75) is 11.8 Å². The van der Waals surface area contributed by atoms with Gasteiger partial charge in [-0.1, -0.05) is 42.0 Å². The Morgan fingerprint density at radius 3 is 2.20 bits per heavy atom. The van der Waals surface area contributed by atoms with E-state index >= 15 is 0 Å². The highest BCUT2D eigenvalue weighted by molar-refractivity contribution is 7.90. The van der Waals surface area contributed by atoms with Crippen LogP contribution in [0, 0.1) is 13.5 Å². The van der Waals surface area contributed by atoms with Gasteiger partial charge in [-0.2, -0.15) is 12.8 Å². The summed E-state index contributed by atoms with van der Waals surface area (Å²) in [5.74, 6) is 0. The predicted octanol–water partition coefficient (Wildman–Crippen LogP) is 3.35. The van der Waals surface area contributed by atoms with Crippen LogP contribution in [0.2, 0.25) is 0 Å². The Morgan fingerprint density at radius 2 is 1.65 bits per heavy atom. The Labute approximate surface area is 118 Å². The number of hydrogen-bond donors (Lipinski definition) is 0. The zero-order valence-corrected chi connectivity index (χ0v) is 11.6. The number of rotatable bonds is 3. The van der Waals surface area contributed by atoms with Crippen molar-refractivity contribution in [1.29, 1.82) is 0 Å². The minimum atomic E-state index is -3.68. The fraction of sp³-hybridized carbons (Fsp3) is 0.0667. The van der Waals surface area contributed by atoms with Crippen LogP contribution in [0.25, 0.3) is 4.85 Å². The molecule has 0 aliphatic rings. The third-order valence-electron chi connectivity index (χ3n) is 2.68. The van der Waals surface area contributed by atoms with Gasteiger partial charge in [-0.25, -0.2) is 4.85 Å². The first kappa shape index (κ1) is 14.0. The highest BCUT2D eigenvalue weighted by Gasteiger charge is 2.10. The minimum absolute atomic E-state index is 0.164. The Balaban J connectivity index is 2.25. The third-order valence-corrected chi connectivity index (χ3v) is 3.93. The first-order valence-corrected chi connectivity index (χ1v) is 7.30. The molecule has 100 valence electrons. The topological polar surface area (TPSA) is 50.9 Å². The van der Waals surface area contributed by atoms with Gasteiger partial charge in [-0.15, -0.1) is 0 Å². The summed E-state index contributed by atoms with van der Waals surface area (Å²) in [5.41, 5.74) is 2.12. The molecule has 0 heterocycles. The lowest BCUT2D eigenvalue weighted by atomic mass is 10.2. The maximum absolute atomic E-state index is 12.0. The summed E-state index contributed by atoms with van der Waals surface area (Å²) in [6, 6.07) is 13.1. The lowest BCUT2D eigenvalue weighted by Crippen LogP contribution is -1.97. The summed E-state index contributed by atoms with van der Waals surface area (Å²) in [6.45, 7) is 8.73. The second kappa shape index (κ2) is 5.68. The van der Waals surface area contributed by atoms with Gasteiger partial charge in [0, 0.05) is 6.21 Å². The standard InChI is InChI=1S/C15H12N2O2S/c1-12-3-9-15(10-4-12)20(18,19)17-11-13-5-7-14(16-2)8-6-13/h3-11H,1H3/b17-11+. The van der Waals surface area contributed by atoms with E-state index in [1.54, 1.807) is 36.4 Å². The molecule has 0 N–H and O–H groups in total. The van der Waals surface area contributed by atoms with Crippen molar-refractivity contribution in [2.24, 2.45) is 4.40 Å². The molecular formula is C15H12N2O2S. The molecule has 0 saturated carbocycles. The van der Waals surface area contributed by atoms with Crippen LogP contribution < -0.4 is 0 Å². The molecule has 20 heavy (non-hydrogen) atoms. The number of nitrogens with zero attached hydrogens (tertiary/aromatic N) is 2. The van der Waals surface area contributed by atoms with Gasteiger partial charge in [0.1, 0.15) is 0 Å². The van der Waals surface area contributed by atoms with Crippen molar-refractivity contribution < 1.29 is 8.42 Å². The molecule has 0 spiro atoms. The van der Waals surface area contributed by atoms with E-state index < -0.39 is 10.0 Å². The van der Waals surface area contributed by atoms with Crippen LogP contribution in [0.15, 0.2) is 57.8 Å². The lowest BCUT2D eigenvalue weighted by molar-refractivity contribution is 0.598. The van der Waals surface area contributed by atoms with Crippen LogP contribution in [0.3, 0.4) is 0 Å². The van der Waals surface area contributed by atoms with Gasteiger partial charge >= 0.3 is 0 Å². The van der Waals surface area contributed by atoms with Gasteiger partial charge in [-0.05, 0) is 24.6 Å². The smallest absolute Gasteiger partial charge is 0.238 e. The normalized spacial score (nSPS) is 11.4. The highest BCUT2D eigenvalue weighted by Crippen LogP contribution is 2.14. The summed E-state index contributed by atoms with van der Waals surface area (Å²) >= 11 is 0. The zero-order valence-electron chi connectivity index (χ0n) is 10.8. The Kier molecular flexibility index (Phi) is 3.97. The molecule has 2 aromatic carbocycles. The van der Waals surface area contributed by atoms with Crippen molar-refractivity contribution in [3.8, 4) is 0 Å². The monoisotopic (exact) mass is 284 g/mol. The molecular weight excluding hydrogens is 272 g/mol.